The molecule has 114 valence electrons. The summed E-state index contributed by atoms with van der Waals surface area (Å²) in [5, 5.41) is 3.21. The maximum absolute atomic E-state index is 12.2. The third kappa shape index (κ3) is 5.11. The number of ether oxygens (including phenoxy) is 1. The fraction of sp³-hybridized carbons (Fsp3) is 0.571. The molecule has 1 rings (SSSR count). The predicted molar refractivity (Wildman–Crippen MR) is 81.5 cm³/mol. The van der Waals surface area contributed by atoms with Crippen LogP contribution in [0.1, 0.15) is 26.7 Å². The first kappa shape index (κ1) is 16.9. The molecule has 0 radical (unpaired) electrons. The molecule has 0 fully saturated rings. The van der Waals surface area contributed by atoms with Gasteiger partial charge < -0.3 is 10.1 Å². The Balaban J connectivity index is 2.76. The second-order valence-corrected chi connectivity index (χ2v) is 6.35. The summed E-state index contributed by atoms with van der Waals surface area (Å²) in [5.74, 6) is 0. The SMILES string of the molecule is CCCNc1ccc(S(=O)(=O)NC(CC)COC)cc1. The van der Waals surface area contributed by atoms with Gasteiger partial charge in [-0.3, -0.25) is 0 Å². The lowest BCUT2D eigenvalue weighted by Crippen LogP contribution is -2.37. The highest BCUT2D eigenvalue weighted by Gasteiger charge is 2.18. The molecule has 2 N–H and O–H groups in total. The van der Waals surface area contributed by atoms with Gasteiger partial charge in [0.15, 0.2) is 0 Å². The van der Waals surface area contributed by atoms with E-state index in [4.69, 9.17) is 4.74 Å². The third-order valence-corrected chi connectivity index (χ3v) is 4.46. The van der Waals surface area contributed by atoms with E-state index >= 15 is 0 Å². The Morgan fingerprint density at radius 2 is 1.85 bits per heavy atom. The lowest BCUT2D eigenvalue weighted by molar-refractivity contribution is 0.173. The summed E-state index contributed by atoms with van der Waals surface area (Å²) in [6, 6.07) is 6.57. The fourth-order valence-electron chi connectivity index (χ4n) is 1.75. The van der Waals surface area contributed by atoms with Gasteiger partial charge in [-0.05, 0) is 37.1 Å². The Hall–Kier alpha value is -1.11. The van der Waals surface area contributed by atoms with Crippen molar-refractivity contribution in [2.24, 2.45) is 0 Å². The summed E-state index contributed by atoms with van der Waals surface area (Å²) in [4.78, 5) is 0.272. The summed E-state index contributed by atoms with van der Waals surface area (Å²) in [5.41, 5.74) is 0.926. The molecule has 0 bridgehead atoms. The zero-order valence-corrected chi connectivity index (χ0v) is 13.2. The second-order valence-electron chi connectivity index (χ2n) is 4.63. The number of anilines is 1. The van der Waals surface area contributed by atoms with Crippen molar-refractivity contribution in [3.05, 3.63) is 24.3 Å². The summed E-state index contributed by atoms with van der Waals surface area (Å²) in [6.45, 7) is 5.24. The Morgan fingerprint density at radius 1 is 1.20 bits per heavy atom. The van der Waals surface area contributed by atoms with Crippen molar-refractivity contribution in [3.63, 3.8) is 0 Å². The van der Waals surface area contributed by atoms with Crippen LogP contribution in [0.25, 0.3) is 0 Å². The van der Waals surface area contributed by atoms with E-state index in [0.29, 0.717) is 13.0 Å². The highest BCUT2D eigenvalue weighted by molar-refractivity contribution is 7.89. The molecule has 0 heterocycles. The number of sulfonamides is 1. The number of hydrogen-bond donors (Lipinski definition) is 2. The van der Waals surface area contributed by atoms with Crippen LogP contribution in [0.2, 0.25) is 0 Å². The van der Waals surface area contributed by atoms with Crippen molar-refractivity contribution in [2.45, 2.75) is 37.6 Å². The van der Waals surface area contributed by atoms with E-state index in [0.717, 1.165) is 18.7 Å². The van der Waals surface area contributed by atoms with E-state index in [2.05, 4.69) is 17.0 Å². The Morgan fingerprint density at radius 3 is 2.35 bits per heavy atom. The average molecular weight is 300 g/mol. The molecule has 0 saturated carbocycles. The van der Waals surface area contributed by atoms with Gasteiger partial charge in [0.1, 0.15) is 0 Å². The molecule has 6 heteroatoms. The van der Waals surface area contributed by atoms with Crippen LogP contribution in [0, 0.1) is 0 Å². The zero-order valence-electron chi connectivity index (χ0n) is 12.3. The van der Waals surface area contributed by atoms with Crippen LogP contribution in [0.15, 0.2) is 29.2 Å². The van der Waals surface area contributed by atoms with Gasteiger partial charge in [0.05, 0.1) is 11.5 Å². The van der Waals surface area contributed by atoms with Crippen molar-refractivity contribution in [1.82, 2.24) is 4.72 Å². The minimum Gasteiger partial charge on any atom is -0.385 e. The summed E-state index contributed by atoms with van der Waals surface area (Å²) >= 11 is 0. The molecule has 1 atom stereocenters. The van der Waals surface area contributed by atoms with Crippen molar-refractivity contribution >= 4 is 15.7 Å². The van der Waals surface area contributed by atoms with E-state index in [1.54, 1.807) is 31.4 Å². The van der Waals surface area contributed by atoms with E-state index in [-0.39, 0.29) is 10.9 Å². The van der Waals surface area contributed by atoms with E-state index in [9.17, 15) is 8.42 Å². The highest BCUT2D eigenvalue weighted by atomic mass is 32.2. The average Bonchev–Trinajstić information content (AvgIpc) is 2.45. The summed E-state index contributed by atoms with van der Waals surface area (Å²) in [7, 11) is -1.93. The van der Waals surface area contributed by atoms with E-state index in [1.165, 1.54) is 0 Å². The molecule has 1 aromatic rings. The van der Waals surface area contributed by atoms with Gasteiger partial charge in [-0.1, -0.05) is 13.8 Å². The first-order valence-electron chi connectivity index (χ1n) is 6.88. The standard InChI is InChI=1S/C14H24N2O3S/c1-4-10-15-13-6-8-14(9-7-13)20(17,18)16-12(5-2)11-19-3/h6-9,12,15-16H,4-5,10-11H2,1-3H3. The number of rotatable bonds is 9. The van der Waals surface area contributed by atoms with Gasteiger partial charge in [0.25, 0.3) is 0 Å². The van der Waals surface area contributed by atoms with Gasteiger partial charge in [0, 0.05) is 25.4 Å². The van der Waals surface area contributed by atoms with E-state index < -0.39 is 10.0 Å². The highest BCUT2D eigenvalue weighted by Crippen LogP contribution is 2.14. The van der Waals surface area contributed by atoms with E-state index in [1.807, 2.05) is 6.92 Å². The predicted octanol–water partition coefficient (Wildman–Crippen LogP) is 2.21. The Bertz CT molecular complexity index is 486. The topological polar surface area (TPSA) is 67.4 Å². The molecule has 1 unspecified atom stereocenters. The number of methoxy groups -OCH3 is 1. The quantitative estimate of drug-likeness (QED) is 0.734. The molecule has 0 saturated heterocycles. The maximum atomic E-state index is 12.2. The maximum Gasteiger partial charge on any atom is 0.240 e. The number of nitrogens with one attached hydrogen (secondary N) is 2. The molecule has 0 aromatic heterocycles. The first-order valence-corrected chi connectivity index (χ1v) is 8.37. The molecule has 0 spiro atoms. The summed E-state index contributed by atoms with van der Waals surface area (Å²) < 4.78 is 32.1. The molecule has 0 amide bonds. The molecule has 20 heavy (non-hydrogen) atoms. The van der Waals surface area contributed by atoms with Gasteiger partial charge in [-0.15, -0.1) is 0 Å². The van der Waals surface area contributed by atoms with Crippen LogP contribution < -0.4 is 10.0 Å². The monoisotopic (exact) mass is 300 g/mol. The first-order chi connectivity index (χ1) is 9.53. The molecular weight excluding hydrogens is 276 g/mol. The smallest absolute Gasteiger partial charge is 0.240 e. The van der Waals surface area contributed by atoms with Crippen molar-refractivity contribution in [2.75, 3.05) is 25.6 Å². The Kier molecular flexibility index (Phi) is 6.98. The number of hydrogen-bond acceptors (Lipinski definition) is 4. The normalized spacial score (nSPS) is 13.2. The summed E-state index contributed by atoms with van der Waals surface area (Å²) in [6.07, 6.45) is 1.71. The molecule has 5 nitrogen and oxygen atoms in total. The molecular formula is C14H24N2O3S. The molecule has 0 aliphatic heterocycles. The third-order valence-electron chi connectivity index (χ3n) is 2.93. The van der Waals surface area contributed by atoms with Crippen LogP contribution in [0.5, 0.6) is 0 Å². The largest absolute Gasteiger partial charge is 0.385 e. The lowest BCUT2D eigenvalue weighted by atomic mass is 10.3. The van der Waals surface area contributed by atoms with Crippen LogP contribution in [0.4, 0.5) is 5.69 Å². The fourth-order valence-corrected chi connectivity index (χ4v) is 3.05. The lowest BCUT2D eigenvalue weighted by Gasteiger charge is -2.16. The van der Waals surface area contributed by atoms with Gasteiger partial charge in [0.2, 0.25) is 10.0 Å². The molecule has 0 aliphatic carbocycles. The minimum atomic E-state index is -3.49. The number of benzene rings is 1. The minimum absolute atomic E-state index is 0.206. The molecule has 0 aliphatic rings. The zero-order chi connectivity index (χ0) is 15.0. The second kappa shape index (κ2) is 8.24. The van der Waals surface area contributed by atoms with Crippen LogP contribution in [-0.4, -0.2) is 34.7 Å². The van der Waals surface area contributed by atoms with Gasteiger partial charge >= 0.3 is 0 Å². The van der Waals surface area contributed by atoms with Gasteiger partial charge in [-0.25, -0.2) is 13.1 Å². The van der Waals surface area contributed by atoms with Crippen molar-refractivity contribution in [3.8, 4) is 0 Å². The van der Waals surface area contributed by atoms with Crippen molar-refractivity contribution in [1.29, 1.82) is 0 Å². The van der Waals surface area contributed by atoms with Crippen LogP contribution in [0.3, 0.4) is 0 Å². The van der Waals surface area contributed by atoms with Crippen molar-refractivity contribution < 1.29 is 13.2 Å². The van der Waals surface area contributed by atoms with Crippen LogP contribution in [-0.2, 0) is 14.8 Å². The Labute approximate surface area is 121 Å². The molecule has 1 aromatic carbocycles. The van der Waals surface area contributed by atoms with Gasteiger partial charge in [-0.2, -0.15) is 0 Å². The van der Waals surface area contributed by atoms with Crippen LogP contribution >= 0.6 is 0 Å².